The molecule has 0 aliphatic carbocycles. The van der Waals surface area contributed by atoms with Crippen LogP contribution >= 0.6 is 0 Å². The lowest BCUT2D eigenvalue weighted by Crippen LogP contribution is -2.44. The normalized spacial score (nSPS) is 29.6. The van der Waals surface area contributed by atoms with Crippen LogP contribution in [-0.4, -0.2) is 36.6 Å². The molecular formula is C14H30N2. The Kier molecular flexibility index (Phi) is 5.77. The maximum absolute atomic E-state index is 3.53. The Labute approximate surface area is 102 Å². The van der Waals surface area contributed by atoms with Crippen molar-refractivity contribution in [3.63, 3.8) is 0 Å². The number of rotatable bonds is 5. The fourth-order valence-corrected chi connectivity index (χ4v) is 2.54. The van der Waals surface area contributed by atoms with E-state index in [9.17, 15) is 0 Å². The van der Waals surface area contributed by atoms with Crippen LogP contribution in [0, 0.1) is 11.8 Å². The van der Waals surface area contributed by atoms with Crippen molar-refractivity contribution in [2.24, 2.45) is 11.8 Å². The summed E-state index contributed by atoms with van der Waals surface area (Å²) >= 11 is 0. The second kappa shape index (κ2) is 6.61. The molecule has 3 atom stereocenters. The Bertz CT molecular complexity index is 191. The molecule has 0 aromatic heterocycles. The molecule has 1 rings (SSSR count). The molecule has 0 saturated carbocycles. The minimum Gasteiger partial charge on any atom is -0.314 e. The maximum Gasteiger partial charge on any atom is 0.00672 e. The van der Waals surface area contributed by atoms with Crippen LogP contribution in [0.2, 0.25) is 0 Å². The van der Waals surface area contributed by atoms with Crippen molar-refractivity contribution in [2.45, 2.75) is 59.5 Å². The standard InChI is InChI=1S/C14H30N2/c1-11(2)15-8-13(4)10-16-9-12(3)6-7-14(16)5/h11-15H,6-10H2,1-5H3. The summed E-state index contributed by atoms with van der Waals surface area (Å²) in [4.78, 5) is 2.68. The van der Waals surface area contributed by atoms with Gasteiger partial charge in [-0.05, 0) is 38.1 Å². The third-order valence-corrected chi connectivity index (χ3v) is 3.67. The van der Waals surface area contributed by atoms with Crippen molar-refractivity contribution in [1.82, 2.24) is 10.2 Å². The van der Waals surface area contributed by atoms with Crippen LogP contribution in [0.25, 0.3) is 0 Å². The molecular weight excluding hydrogens is 196 g/mol. The van der Waals surface area contributed by atoms with Gasteiger partial charge < -0.3 is 10.2 Å². The average Bonchev–Trinajstić information content (AvgIpc) is 2.20. The Balaban J connectivity index is 2.28. The van der Waals surface area contributed by atoms with Gasteiger partial charge in [-0.2, -0.15) is 0 Å². The highest BCUT2D eigenvalue weighted by Crippen LogP contribution is 2.21. The quantitative estimate of drug-likeness (QED) is 0.775. The lowest BCUT2D eigenvalue weighted by molar-refractivity contribution is 0.107. The van der Waals surface area contributed by atoms with Gasteiger partial charge in [0, 0.05) is 25.2 Å². The van der Waals surface area contributed by atoms with Crippen LogP contribution in [0.5, 0.6) is 0 Å². The van der Waals surface area contributed by atoms with E-state index >= 15 is 0 Å². The fraction of sp³-hybridized carbons (Fsp3) is 1.00. The van der Waals surface area contributed by atoms with Gasteiger partial charge >= 0.3 is 0 Å². The van der Waals surface area contributed by atoms with Crippen LogP contribution in [0.15, 0.2) is 0 Å². The van der Waals surface area contributed by atoms with Crippen LogP contribution in [0.3, 0.4) is 0 Å². The van der Waals surface area contributed by atoms with Crippen molar-refractivity contribution >= 4 is 0 Å². The molecule has 1 fully saturated rings. The van der Waals surface area contributed by atoms with E-state index < -0.39 is 0 Å². The maximum atomic E-state index is 3.53. The van der Waals surface area contributed by atoms with E-state index in [1.54, 1.807) is 0 Å². The first-order chi connectivity index (χ1) is 7.49. The average molecular weight is 226 g/mol. The van der Waals surface area contributed by atoms with Gasteiger partial charge in [-0.15, -0.1) is 0 Å². The Hall–Kier alpha value is -0.0800. The molecule has 1 heterocycles. The third kappa shape index (κ3) is 4.84. The van der Waals surface area contributed by atoms with Gasteiger partial charge in [0.25, 0.3) is 0 Å². The highest BCUT2D eigenvalue weighted by atomic mass is 15.2. The SMILES string of the molecule is CC1CCC(C)N(CC(C)CNC(C)C)C1. The van der Waals surface area contributed by atoms with E-state index in [1.165, 1.54) is 25.9 Å². The predicted octanol–water partition coefficient (Wildman–Crippen LogP) is 2.74. The zero-order chi connectivity index (χ0) is 12.1. The summed E-state index contributed by atoms with van der Waals surface area (Å²) < 4.78 is 0. The first-order valence-corrected chi connectivity index (χ1v) is 6.96. The van der Waals surface area contributed by atoms with Crippen LogP contribution < -0.4 is 5.32 Å². The first-order valence-electron chi connectivity index (χ1n) is 6.96. The van der Waals surface area contributed by atoms with Crippen molar-refractivity contribution in [3.05, 3.63) is 0 Å². The fourth-order valence-electron chi connectivity index (χ4n) is 2.54. The zero-order valence-electron chi connectivity index (χ0n) is 11.8. The summed E-state index contributed by atoms with van der Waals surface area (Å²) in [6, 6.07) is 1.40. The van der Waals surface area contributed by atoms with E-state index in [1.807, 2.05) is 0 Å². The largest absolute Gasteiger partial charge is 0.314 e. The lowest BCUT2D eigenvalue weighted by atomic mass is 9.94. The Morgan fingerprint density at radius 2 is 1.88 bits per heavy atom. The molecule has 0 amide bonds. The molecule has 0 bridgehead atoms. The van der Waals surface area contributed by atoms with Crippen LogP contribution in [-0.2, 0) is 0 Å². The summed E-state index contributed by atoms with van der Waals surface area (Å²) in [5.74, 6) is 1.65. The summed E-state index contributed by atoms with van der Waals surface area (Å²) in [6.45, 7) is 15.3. The lowest BCUT2D eigenvalue weighted by Gasteiger charge is -2.38. The summed E-state index contributed by atoms with van der Waals surface area (Å²) in [6.07, 6.45) is 2.79. The number of hydrogen-bond donors (Lipinski definition) is 1. The summed E-state index contributed by atoms with van der Waals surface area (Å²) in [5, 5.41) is 3.53. The third-order valence-electron chi connectivity index (χ3n) is 3.67. The second-order valence-electron chi connectivity index (χ2n) is 6.15. The van der Waals surface area contributed by atoms with Crippen molar-refractivity contribution < 1.29 is 0 Å². The van der Waals surface area contributed by atoms with Gasteiger partial charge in [0.2, 0.25) is 0 Å². The van der Waals surface area contributed by atoms with Crippen LogP contribution in [0.1, 0.15) is 47.5 Å². The number of hydrogen-bond acceptors (Lipinski definition) is 2. The van der Waals surface area contributed by atoms with E-state index in [4.69, 9.17) is 0 Å². The smallest absolute Gasteiger partial charge is 0.00672 e. The molecule has 1 saturated heterocycles. The highest BCUT2D eigenvalue weighted by Gasteiger charge is 2.23. The van der Waals surface area contributed by atoms with E-state index in [2.05, 4.69) is 44.8 Å². The number of nitrogens with one attached hydrogen (secondary N) is 1. The van der Waals surface area contributed by atoms with E-state index in [0.29, 0.717) is 6.04 Å². The molecule has 16 heavy (non-hydrogen) atoms. The number of piperidine rings is 1. The number of likely N-dealkylation sites (tertiary alicyclic amines) is 1. The molecule has 1 N–H and O–H groups in total. The molecule has 0 spiro atoms. The molecule has 1 aliphatic rings. The van der Waals surface area contributed by atoms with Gasteiger partial charge in [-0.1, -0.05) is 27.7 Å². The van der Waals surface area contributed by atoms with Crippen molar-refractivity contribution in [1.29, 1.82) is 0 Å². The monoisotopic (exact) mass is 226 g/mol. The minimum absolute atomic E-state index is 0.611. The van der Waals surface area contributed by atoms with E-state index in [-0.39, 0.29) is 0 Å². The molecule has 0 radical (unpaired) electrons. The summed E-state index contributed by atoms with van der Waals surface area (Å²) in [5.41, 5.74) is 0. The summed E-state index contributed by atoms with van der Waals surface area (Å²) in [7, 11) is 0. The molecule has 2 nitrogen and oxygen atoms in total. The van der Waals surface area contributed by atoms with Gasteiger partial charge in [-0.25, -0.2) is 0 Å². The topological polar surface area (TPSA) is 15.3 Å². The van der Waals surface area contributed by atoms with Crippen LogP contribution in [0.4, 0.5) is 0 Å². The molecule has 0 aromatic carbocycles. The van der Waals surface area contributed by atoms with Crippen molar-refractivity contribution in [3.8, 4) is 0 Å². The molecule has 3 unspecified atom stereocenters. The minimum atomic E-state index is 0.611. The van der Waals surface area contributed by atoms with E-state index in [0.717, 1.165) is 24.4 Å². The molecule has 0 aromatic rings. The van der Waals surface area contributed by atoms with Crippen molar-refractivity contribution in [2.75, 3.05) is 19.6 Å². The van der Waals surface area contributed by atoms with Gasteiger partial charge in [0.05, 0.1) is 0 Å². The van der Waals surface area contributed by atoms with Gasteiger partial charge in [0.15, 0.2) is 0 Å². The molecule has 96 valence electrons. The van der Waals surface area contributed by atoms with Gasteiger partial charge in [-0.3, -0.25) is 0 Å². The number of nitrogens with zero attached hydrogens (tertiary/aromatic N) is 1. The van der Waals surface area contributed by atoms with Gasteiger partial charge in [0.1, 0.15) is 0 Å². The Morgan fingerprint density at radius 1 is 1.19 bits per heavy atom. The predicted molar refractivity (Wildman–Crippen MR) is 71.7 cm³/mol. The molecule has 1 aliphatic heterocycles. The first kappa shape index (κ1) is 14.0. The Morgan fingerprint density at radius 3 is 2.50 bits per heavy atom. The molecule has 2 heteroatoms. The zero-order valence-corrected chi connectivity index (χ0v) is 11.8. The highest BCUT2D eigenvalue weighted by molar-refractivity contribution is 4.78. The second-order valence-corrected chi connectivity index (χ2v) is 6.15.